The summed E-state index contributed by atoms with van der Waals surface area (Å²) in [6.45, 7) is 5.06. The maximum Gasteiger partial charge on any atom is 0.234 e. The van der Waals surface area contributed by atoms with Gasteiger partial charge in [-0.1, -0.05) is 17.7 Å². The van der Waals surface area contributed by atoms with Gasteiger partial charge in [0.05, 0.1) is 22.5 Å². The van der Waals surface area contributed by atoms with E-state index in [2.05, 4.69) is 10.3 Å². The molecule has 0 aliphatic rings. The SMILES string of the molecule is Cc1nc([C@H](C)C(=O)Nc2cccc(Cl)c2C)sc1C(=O)[O-]. The van der Waals surface area contributed by atoms with Gasteiger partial charge in [0.15, 0.2) is 0 Å². The summed E-state index contributed by atoms with van der Waals surface area (Å²) in [4.78, 5) is 27.5. The Bertz CT molecular complexity index is 742. The van der Waals surface area contributed by atoms with Crippen LogP contribution in [-0.4, -0.2) is 16.9 Å². The van der Waals surface area contributed by atoms with E-state index >= 15 is 0 Å². The van der Waals surface area contributed by atoms with Crippen molar-refractivity contribution in [2.45, 2.75) is 26.7 Å². The average molecular weight is 338 g/mol. The maximum atomic E-state index is 12.3. The van der Waals surface area contributed by atoms with Gasteiger partial charge in [-0.05, 0) is 38.5 Å². The fourth-order valence-electron chi connectivity index (χ4n) is 1.89. The predicted molar refractivity (Wildman–Crippen MR) is 84.4 cm³/mol. The number of aryl methyl sites for hydroxylation is 1. The highest BCUT2D eigenvalue weighted by Gasteiger charge is 2.21. The molecule has 0 unspecified atom stereocenters. The minimum atomic E-state index is -1.28. The first-order valence-electron chi connectivity index (χ1n) is 6.56. The highest BCUT2D eigenvalue weighted by Crippen LogP contribution is 2.27. The first-order chi connectivity index (χ1) is 10.3. The van der Waals surface area contributed by atoms with Gasteiger partial charge in [0.2, 0.25) is 5.91 Å². The summed E-state index contributed by atoms with van der Waals surface area (Å²) in [5, 5.41) is 14.7. The first kappa shape index (κ1) is 16.5. The Labute approximate surface area is 137 Å². The van der Waals surface area contributed by atoms with Crippen molar-refractivity contribution < 1.29 is 14.7 Å². The average Bonchev–Trinajstić information content (AvgIpc) is 2.85. The lowest BCUT2D eigenvalue weighted by atomic mass is 10.1. The molecule has 1 heterocycles. The van der Waals surface area contributed by atoms with Crippen molar-refractivity contribution >= 4 is 40.5 Å². The quantitative estimate of drug-likeness (QED) is 0.929. The summed E-state index contributed by atoms with van der Waals surface area (Å²) in [6.07, 6.45) is 0. The van der Waals surface area contributed by atoms with Crippen molar-refractivity contribution in [3.8, 4) is 0 Å². The van der Waals surface area contributed by atoms with E-state index in [1.165, 1.54) is 0 Å². The Hall–Kier alpha value is -1.92. The number of aromatic nitrogens is 1. The van der Waals surface area contributed by atoms with E-state index in [-0.39, 0.29) is 10.8 Å². The number of benzene rings is 1. The van der Waals surface area contributed by atoms with Gasteiger partial charge in [-0.25, -0.2) is 4.98 Å². The monoisotopic (exact) mass is 337 g/mol. The zero-order valence-electron chi connectivity index (χ0n) is 12.3. The van der Waals surface area contributed by atoms with Gasteiger partial charge in [-0.2, -0.15) is 0 Å². The van der Waals surface area contributed by atoms with Gasteiger partial charge >= 0.3 is 0 Å². The molecule has 116 valence electrons. The number of nitrogens with one attached hydrogen (secondary N) is 1. The Morgan fingerprint density at radius 3 is 2.64 bits per heavy atom. The van der Waals surface area contributed by atoms with E-state index in [4.69, 9.17) is 11.6 Å². The van der Waals surface area contributed by atoms with Crippen molar-refractivity contribution in [1.82, 2.24) is 4.98 Å². The largest absolute Gasteiger partial charge is 0.544 e. The van der Waals surface area contributed by atoms with Crippen LogP contribution in [0.15, 0.2) is 18.2 Å². The number of carboxylic acids is 1. The summed E-state index contributed by atoms with van der Waals surface area (Å²) < 4.78 is 0. The molecule has 7 heteroatoms. The van der Waals surface area contributed by atoms with Crippen LogP contribution < -0.4 is 10.4 Å². The number of aromatic carboxylic acids is 1. The second kappa shape index (κ2) is 6.46. The van der Waals surface area contributed by atoms with E-state index in [1.807, 2.05) is 6.92 Å². The Morgan fingerprint density at radius 2 is 2.05 bits per heavy atom. The second-order valence-electron chi connectivity index (χ2n) is 4.88. The fraction of sp³-hybridized carbons (Fsp3) is 0.267. The number of rotatable bonds is 4. The summed E-state index contributed by atoms with van der Waals surface area (Å²) in [5.74, 6) is -2.13. The summed E-state index contributed by atoms with van der Waals surface area (Å²) in [5.41, 5.74) is 1.76. The Balaban J connectivity index is 2.21. The van der Waals surface area contributed by atoms with Crippen molar-refractivity contribution in [1.29, 1.82) is 0 Å². The topological polar surface area (TPSA) is 82.1 Å². The summed E-state index contributed by atoms with van der Waals surface area (Å²) >= 11 is 6.98. The molecule has 2 aromatic rings. The van der Waals surface area contributed by atoms with Crippen LogP contribution in [-0.2, 0) is 4.79 Å². The normalized spacial score (nSPS) is 12.0. The lowest BCUT2D eigenvalue weighted by Crippen LogP contribution is -2.21. The van der Waals surface area contributed by atoms with Crippen molar-refractivity contribution in [2.75, 3.05) is 5.32 Å². The summed E-state index contributed by atoms with van der Waals surface area (Å²) in [6, 6.07) is 5.25. The van der Waals surface area contributed by atoms with Crippen molar-refractivity contribution in [3.05, 3.63) is 44.4 Å². The number of carboxylic acid groups (broad SMARTS) is 1. The number of halogens is 1. The van der Waals surface area contributed by atoms with E-state index in [1.54, 1.807) is 32.0 Å². The first-order valence-corrected chi connectivity index (χ1v) is 7.75. The van der Waals surface area contributed by atoms with E-state index in [0.717, 1.165) is 16.9 Å². The highest BCUT2D eigenvalue weighted by molar-refractivity contribution is 7.13. The number of hydrogen-bond donors (Lipinski definition) is 1. The van der Waals surface area contributed by atoms with E-state index in [9.17, 15) is 14.7 Å². The second-order valence-corrected chi connectivity index (χ2v) is 6.32. The fourth-order valence-corrected chi connectivity index (χ4v) is 3.01. The number of hydrogen-bond acceptors (Lipinski definition) is 5. The maximum absolute atomic E-state index is 12.3. The van der Waals surface area contributed by atoms with Gasteiger partial charge in [-0.15, -0.1) is 11.3 Å². The minimum absolute atomic E-state index is 0.0496. The molecular weight excluding hydrogens is 324 g/mol. The molecule has 1 N–H and O–H groups in total. The molecule has 1 atom stereocenters. The number of anilines is 1. The Kier molecular flexibility index (Phi) is 4.83. The third kappa shape index (κ3) is 3.28. The standard InChI is InChI=1S/C15H15ClN2O3S/c1-7-10(16)5-4-6-11(7)18-13(19)8(2)14-17-9(3)12(22-14)15(20)21/h4-6,8H,1-3H3,(H,18,19)(H,20,21)/p-1/t8-/m1/s1. The van der Waals surface area contributed by atoms with Gasteiger partial charge in [0, 0.05) is 10.7 Å². The smallest absolute Gasteiger partial charge is 0.234 e. The molecule has 1 amide bonds. The molecule has 1 aromatic carbocycles. The lowest BCUT2D eigenvalue weighted by Gasteiger charge is -2.12. The van der Waals surface area contributed by atoms with Crippen LogP contribution in [0, 0.1) is 13.8 Å². The minimum Gasteiger partial charge on any atom is -0.544 e. The van der Waals surface area contributed by atoms with Gasteiger partial charge in [-0.3, -0.25) is 4.79 Å². The third-order valence-electron chi connectivity index (χ3n) is 3.29. The van der Waals surface area contributed by atoms with Crippen LogP contribution in [0.25, 0.3) is 0 Å². The molecule has 22 heavy (non-hydrogen) atoms. The molecule has 0 saturated carbocycles. The number of nitrogens with zero attached hydrogens (tertiary/aromatic N) is 1. The molecule has 0 bridgehead atoms. The van der Waals surface area contributed by atoms with Crippen molar-refractivity contribution in [2.24, 2.45) is 0 Å². The van der Waals surface area contributed by atoms with Crippen LogP contribution in [0.5, 0.6) is 0 Å². The molecule has 0 aliphatic heterocycles. The predicted octanol–water partition coefficient (Wildman–Crippen LogP) is 2.52. The molecule has 0 fully saturated rings. The molecule has 5 nitrogen and oxygen atoms in total. The third-order valence-corrected chi connectivity index (χ3v) is 5.02. The van der Waals surface area contributed by atoms with Crippen LogP contribution in [0.2, 0.25) is 5.02 Å². The zero-order chi connectivity index (χ0) is 16.4. The van der Waals surface area contributed by atoms with Crippen LogP contribution in [0.3, 0.4) is 0 Å². The van der Waals surface area contributed by atoms with E-state index < -0.39 is 11.9 Å². The van der Waals surface area contributed by atoms with Gasteiger partial charge in [0.25, 0.3) is 0 Å². The molecule has 0 spiro atoms. The number of carbonyl (C=O) groups is 2. The molecule has 0 saturated heterocycles. The van der Waals surface area contributed by atoms with Crippen LogP contribution in [0.4, 0.5) is 5.69 Å². The highest BCUT2D eigenvalue weighted by atomic mass is 35.5. The number of carbonyl (C=O) groups excluding carboxylic acids is 2. The van der Waals surface area contributed by atoms with E-state index in [0.29, 0.717) is 21.4 Å². The zero-order valence-corrected chi connectivity index (χ0v) is 13.8. The molecule has 1 aromatic heterocycles. The van der Waals surface area contributed by atoms with Crippen LogP contribution in [0.1, 0.15) is 38.8 Å². The molecule has 0 aliphatic carbocycles. The lowest BCUT2D eigenvalue weighted by molar-refractivity contribution is -0.254. The van der Waals surface area contributed by atoms with Crippen molar-refractivity contribution in [3.63, 3.8) is 0 Å². The molecule has 0 radical (unpaired) electrons. The number of thiazole rings is 1. The molecule has 2 rings (SSSR count). The van der Waals surface area contributed by atoms with Gasteiger partial charge < -0.3 is 15.2 Å². The molecular formula is C15H14ClN2O3S-. The number of amides is 1. The Morgan fingerprint density at radius 1 is 1.36 bits per heavy atom. The van der Waals surface area contributed by atoms with Gasteiger partial charge in [0.1, 0.15) is 5.01 Å². The summed E-state index contributed by atoms with van der Waals surface area (Å²) in [7, 11) is 0. The van der Waals surface area contributed by atoms with Crippen LogP contribution >= 0.6 is 22.9 Å².